The molecule has 0 aliphatic carbocycles. The lowest BCUT2D eigenvalue weighted by molar-refractivity contribution is -0.121. The number of amides is 1. The summed E-state index contributed by atoms with van der Waals surface area (Å²) in [6, 6.07) is 20.0. The van der Waals surface area contributed by atoms with Crippen LogP contribution < -0.4 is 15.2 Å². The molecule has 0 radical (unpaired) electrons. The van der Waals surface area contributed by atoms with Crippen molar-refractivity contribution in [2.24, 2.45) is 4.99 Å². The molecule has 45 heavy (non-hydrogen) atoms. The van der Waals surface area contributed by atoms with Gasteiger partial charge in [0, 0.05) is 34.7 Å². The van der Waals surface area contributed by atoms with Gasteiger partial charge in [-0.2, -0.15) is 0 Å². The largest absolute Gasteiger partial charge is 0.497 e. The zero-order valence-corrected chi connectivity index (χ0v) is 27.8. The topological polar surface area (TPSA) is 119 Å². The number of ether oxygens (including phenoxy) is 1. The maximum absolute atomic E-state index is 13.2. The van der Waals surface area contributed by atoms with Crippen molar-refractivity contribution in [2.75, 3.05) is 13.7 Å². The van der Waals surface area contributed by atoms with Gasteiger partial charge in [0.15, 0.2) is 11.6 Å². The van der Waals surface area contributed by atoms with Gasteiger partial charge in [0.05, 0.1) is 24.9 Å². The minimum absolute atomic E-state index is 0.0693. The number of unbranched alkanes of at least 4 members (excludes halogenated alkanes) is 2. The van der Waals surface area contributed by atoms with Gasteiger partial charge in [0.25, 0.3) is 0 Å². The molecule has 1 aromatic heterocycles. The molecule has 1 amide bonds. The van der Waals surface area contributed by atoms with Crippen LogP contribution in [0.5, 0.6) is 5.75 Å². The molecule has 0 saturated carbocycles. The lowest BCUT2D eigenvalue weighted by Gasteiger charge is -2.15. The first-order valence-electron chi connectivity index (χ1n) is 15.1. The number of carbonyl (C=O) groups excluding carboxylic acids is 2. The molecule has 0 saturated heterocycles. The Balaban J connectivity index is 1.24. The van der Waals surface area contributed by atoms with Crippen molar-refractivity contribution < 1.29 is 19.1 Å². The molecule has 2 N–H and O–H groups in total. The average Bonchev–Trinajstić information content (AvgIpc) is 3.35. The molecule has 4 aromatic rings. The molecule has 1 atom stereocenters. The van der Waals surface area contributed by atoms with Crippen LogP contribution in [0.1, 0.15) is 71.3 Å². The number of hydrogen-bond donors (Lipinski definition) is 2. The van der Waals surface area contributed by atoms with Crippen LogP contribution >= 0.6 is 11.6 Å². The Kier molecular flexibility index (Phi) is 9.96. The predicted octanol–water partition coefficient (Wildman–Crippen LogP) is 5.48. The highest BCUT2D eigenvalue weighted by atomic mass is 35.5. The molecule has 9 nitrogen and oxygen atoms in total. The Morgan fingerprint density at radius 3 is 2.53 bits per heavy atom. The number of carbonyl (C=O) groups is 2. The van der Waals surface area contributed by atoms with Gasteiger partial charge in [-0.15, -0.1) is 10.2 Å². The molecular weight excluding hydrogens is 606 g/mol. The molecule has 234 valence electrons. The highest BCUT2D eigenvalue weighted by Gasteiger charge is 2.30. The second-order valence-corrected chi connectivity index (χ2v) is 15.9. The van der Waals surface area contributed by atoms with E-state index in [1.807, 2.05) is 85.2 Å². The van der Waals surface area contributed by atoms with Crippen molar-refractivity contribution in [3.63, 3.8) is 0 Å². The van der Waals surface area contributed by atoms with Crippen LogP contribution in [-0.2, 0) is 4.79 Å². The van der Waals surface area contributed by atoms with Crippen molar-refractivity contribution in [2.45, 2.75) is 58.2 Å². The summed E-state index contributed by atoms with van der Waals surface area (Å²) in [5.74, 6) is 1.90. The zero-order chi connectivity index (χ0) is 32.1. The van der Waals surface area contributed by atoms with Crippen LogP contribution in [0.15, 0.2) is 71.7 Å². The van der Waals surface area contributed by atoms with E-state index in [4.69, 9.17) is 21.3 Å². The molecule has 0 fully saturated rings. The van der Waals surface area contributed by atoms with Crippen LogP contribution in [-0.4, -0.2) is 58.9 Å². The normalized spacial score (nSPS) is 14.2. The number of nitrogens with zero attached hydrogens (tertiary/aromatic N) is 4. The van der Waals surface area contributed by atoms with E-state index >= 15 is 0 Å². The fraction of sp³-hybridized carbons (Fsp3) is 0.324. The Bertz CT molecular complexity index is 1730. The second kappa shape index (κ2) is 13.9. The number of rotatable bonds is 12. The fourth-order valence-corrected chi connectivity index (χ4v) is 6.60. The van der Waals surface area contributed by atoms with Crippen LogP contribution in [0.2, 0.25) is 18.1 Å². The lowest BCUT2D eigenvalue weighted by atomic mass is 10.00. The van der Waals surface area contributed by atoms with Gasteiger partial charge < -0.3 is 14.8 Å². The van der Waals surface area contributed by atoms with Gasteiger partial charge in [-0.1, -0.05) is 48.4 Å². The van der Waals surface area contributed by atoms with E-state index in [1.165, 1.54) is 0 Å². The predicted molar refractivity (Wildman–Crippen MR) is 179 cm³/mol. The fourth-order valence-electron chi connectivity index (χ4n) is 5.46. The highest BCUT2D eigenvalue weighted by Crippen LogP contribution is 2.34. The van der Waals surface area contributed by atoms with Gasteiger partial charge >= 0.3 is 0 Å². The Morgan fingerprint density at radius 2 is 1.80 bits per heavy atom. The highest BCUT2D eigenvalue weighted by molar-refractivity contribution is 6.83. The number of hydrogen-bond acceptors (Lipinski definition) is 7. The number of benzene rings is 3. The van der Waals surface area contributed by atoms with Crippen LogP contribution in [0.3, 0.4) is 0 Å². The summed E-state index contributed by atoms with van der Waals surface area (Å²) in [5.41, 5.74) is 3.91. The number of Topliss-reactive ketones (excluding diaryl/α,β-unsaturated/α-hetero) is 1. The summed E-state index contributed by atoms with van der Waals surface area (Å²) >= 11 is 6.19. The molecule has 5 rings (SSSR count). The van der Waals surface area contributed by atoms with Crippen molar-refractivity contribution in [3.05, 3.63) is 100 Å². The smallest absolute Gasteiger partial charge is 0.222 e. The first kappa shape index (κ1) is 32.3. The van der Waals surface area contributed by atoms with E-state index < -0.39 is 14.4 Å². The molecular formula is C34H38ClN5O4Si. The standard InChI is InChI=1S/C34H38ClN5O4Si/c1-22-38-39-34-29(21-32(42)36-18-7-5-6-11-31(41)24-9-8-10-27(19-24)45(3,4)43)37-33(23-12-14-25(35)15-13-23)28-20-26(44-2)16-17-30(28)40(22)34/h8-10,12-17,19-20,29,43H,5-7,11,18,21H2,1-4H3,(H,36,42)/t29-/m0/s1. The Morgan fingerprint density at radius 1 is 1.02 bits per heavy atom. The number of fused-ring (bicyclic) bond motifs is 3. The van der Waals surface area contributed by atoms with E-state index in [2.05, 4.69) is 15.5 Å². The average molecular weight is 644 g/mol. The Hall–Kier alpha value is -4.12. The van der Waals surface area contributed by atoms with Crippen molar-refractivity contribution in [1.82, 2.24) is 20.1 Å². The summed E-state index contributed by atoms with van der Waals surface area (Å²) in [4.78, 5) is 41.4. The monoisotopic (exact) mass is 643 g/mol. The van der Waals surface area contributed by atoms with Crippen LogP contribution in [0.4, 0.5) is 0 Å². The van der Waals surface area contributed by atoms with Gasteiger partial charge in [0.2, 0.25) is 14.2 Å². The van der Waals surface area contributed by atoms with E-state index in [0.29, 0.717) is 46.7 Å². The van der Waals surface area contributed by atoms with Crippen molar-refractivity contribution in [1.29, 1.82) is 0 Å². The third kappa shape index (κ3) is 7.58. The molecule has 0 spiro atoms. The number of aromatic nitrogens is 3. The molecule has 0 bridgehead atoms. The summed E-state index contributed by atoms with van der Waals surface area (Å²) in [5, 5.41) is 13.3. The number of halogens is 1. The van der Waals surface area contributed by atoms with Crippen LogP contribution in [0.25, 0.3) is 5.69 Å². The SMILES string of the molecule is COc1ccc2c(c1)C(c1ccc(Cl)cc1)=N[C@@H](CC(=O)NCCCCCC(=O)c1cccc([Si](C)(C)O)c1)c1nnc(C)n1-2. The quantitative estimate of drug-likeness (QED) is 0.120. The second-order valence-electron chi connectivity index (χ2n) is 11.8. The molecule has 2 heterocycles. The van der Waals surface area contributed by atoms with Crippen LogP contribution in [0, 0.1) is 6.92 Å². The number of nitrogens with one attached hydrogen (secondary N) is 1. The number of aliphatic imine (C=N–C) groups is 1. The van der Waals surface area contributed by atoms with E-state index in [1.54, 1.807) is 13.2 Å². The minimum Gasteiger partial charge on any atom is -0.497 e. The molecule has 3 aromatic carbocycles. The third-order valence-electron chi connectivity index (χ3n) is 7.92. The number of methoxy groups -OCH3 is 1. The molecule has 11 heteroatoms. The summed E-state index contributed by atoms with van der Waals surface area (Å²) < 4.78 is 7.49. The van der Waals surface area contributed by atoms with Crippen molar-refractivity contribution >= 4 is 42.5 Å². The lowest BCUT2D eigenvalue weighted by Crippen LogP contribution is -2.41. The summed E-state index contributed by atoms with van der Waals surface area (Å²) in [6.07, 6.45) is 2.80. The third-order valence-corrected chi connectivity index (χ3v) is 9.90. The van der Waals surface area contributed by atoms with Gasteiger partial charge in [-0.3, -0.25) is 19.1 Å². The Labute approximate surface area is 269 Å². The number of aryl methyl sites for hydroxylation is 1. The van der Waals surface area contributed by atoms with Gasteiger partial charge in [0.1, 0.15) is 17.6 Å². The first-order chi connectivity index (χ1) is 21.5. The van der Waals surface area contributed by atoms with E-state index in [-0.39, 0.29) is 18.1 Å². The molecule has 0 unspecified atom stereocenters. The summed E-state index contributed by atoms with van der Waals surface area (Å²) in [6.45, 7) is 6.06. The molecule has 1 aliphatic rings. The minimum atomic E-state index is -2.47. The van der Waals surface area contributed by atoms with Crippen molar-refractivity contribution in [3.8, 4) is 11.4 Å². The van der Waals surface area contributed by atoms with Gasteiger partial charge in [-0.05, 0) is 74.4 Å². The zero-order valence-electron chi connectivity index (χ0n) is 26.0. The van der Waals surface area contributed by atoms with E-state index in [0.717, 1.165) is 41.3 Å². The van der Waals surface area contributed by atoms with Gasteiger partial charge in [-0.25, -0.2) is 0 Å². The first-order valence-corrected chi connectivity index (χ1v) is 18.4. The van der Waals surface area contributed by atoms with E-state index in [9.17, 15) is 14.4 Å². The molecule has 1 aliphatic heterocycles. The summed E-state index contributed by atoms with van der Waals surface area (Å²) in [7, 11) is -0.849. The number of ketones is 1. The maximum atomic E-state index is 13.2. The maximum Gasteiger partial charge on any atom is 0.222 e.